The lowest BCUT2D eigenvalue weighted by Crippen LogP contribution is -2.65. The van der Waals surface area contributed by atoms with Gasteiger partial charge in [0, 0.05) is 81.4 Å². The predicted octanol–water partition coefficient (Wildman–Crippen LogP) is 5.79. The number of benzene rings is 1. The van der Waals surface area contributed by atoms with E-state index in [9.17, 15) is 70.7 Å². The van der Waals surface area contributed by atoms with E-state index in [1.54, 1.807) is 25.7 Å². The molecule has 0 unspecified atom stereocenters. The van der Waals surface area contributed by atoms with Crippen molar-refractivity contribution in [3.8, 4) is 0 Å². The molecule has 4 heterocycles. The van der Waals surface area contributed by atoms with Gasteiger partial charge in [-0.2, -0.15) is 13.2 Å². The largest absolute Gasteiger partial charge is 0.416 e. The number of piperidine rings is 1. The van der Waals surface area contributed by atoms with Gasteiger partial charge in [-0.15, -0.1) is 0 Å². The van der Waals surface area contributed by atoms with E-state index in [4.69, 9.17) is 0 Å². The highest BCUT2D eigenvalue weighted by Crippen LogP contribution is 2.34. The van der Waals surface area contributed by atoms with Gasteiger partial charge >= 0.3 is 6.18 Å². The average molecular weight is 1410 g/mol. The molecule has 1 aromatic carbocycles. The molecule has 4 saturated heterocycles. The van der Waals surface area contributed by atoms with Gasteiger partial charge < -0.3 is 60.0 Å². The van der Waals surface area contributed by atoms with E-state index in [1.165, 1.54) is 107 Å². The fraction of sp³-hybridized carbons (Fsp3) is 0.753. The van der Waals surface area contributed by atoms with Crippen LogP contribution in [0.25, 0.3) is 0 Å². The first kappa shape index (κ1) is 81.6. The highest BCUT2D eigenvalue weighted by molar-refractivity contribution is 5.99. The standard InChI is InChI=1S/C73H115F3N12O12/c1-16-47(7)62-71(99)81(11)49(9)66(94)88-38-33-55(88)69(97)83(13)57(41-50-23-18-17-19-24-50)68(96)80(10)43-59(89)78-53(30-28-51-27-29-52(48(8)40-51)73(74,75)76)67(95)87-35-22-25-54(87)64(92)77-34-21-20-26-60(90)85(15)63(45(4)5)72(100)84(14)58(70(98)86-36-31-46(6)32-37-86)42-61(91)82(12)56(39-44(2)3)65(93)79-62/h27,29,40,44-47,49-50,53-58,62-63H,16-26,28,30-39,41-43H2,1-15H3,(H,77,92)(H,78,89)(H,79,93)/t47-,49-,53-,54-,55-,56-,57-,58-,62-,63-/m0/s1. The van der Waals surface area contributed by atoms with Crippen molar-refractivity contribution in [2.75, 3.05) is 81.6 Å². The molecule has 0 aromatic heterocycles. The van der Waals surface area contributed by atoms with Crippen molar-refractivity contribution in [2.45, 2.75) is 245 Å². The number of amides is 12. The molecule has 24 nitrogen and oxygen atoms in total. The zero-order valence-electron chi connectivity index (χ0n) is 62.1. The molecule has 100 heavy (non-hydrogen) atoms. The number of fused-ring (bicyclic) bond motifs is 2. The summed E-state index contributed by atoms with van der Waals surface area (Å²) >= 11 is 0. The van der Waals surface area contributed by atoms with E-state index >= 15 is 0 Å². The van der Waals surface area contributed by atoms with Crippen LogP contribution < -0.4 is 16.0 Å². The van der Waals surface area contributed by atoms with Gasteiger partial charge in [-0.3, -0.25) is 57.5 Å². The van der Waals surface area contributed by atoms with E-state index in [0.29, 0.717) is 56.7 Å². The first-order valence-electron chi connectivity index (χ1n) is 36.5. The molecule has 3 N–H and O–H groups in total. The topological polar surface area (TPSA) is 270 Å². The summed E-state index contributed by atoms with van der Waals surface area (Å²) in [4.78, 5) is 188. The van der Waals surface area contributed by atoms with Crippen LogP contribution in [0.1, 0.15) is 188 Å². The molecule has 0 radical (unpaired) electrons. The second-order valence-corrected chi connectivity index (χ2v) is 30.0. The number of hydrogen-bond donors (Lipinski definition) is 3. The minimum atomic E-state index is -4.61. The zero-order valence-corrected chi connectivity index (χ0v) is 62.1. The van der Waals surface area contributed by atoms with Gasteiger partial charge in [0.05, 0.1) is 18.5 Å². The van der Waals surface area contributed by atoms with Gasteiger partial charge in [0.15, 0.2) is 0 Å². The minimum Gasteiger partial charge on any atom is -0.354 e. The fourth-order valence-corrected chi connectivity index (χ4v) is 14.8. The first-order valence-corrected chi connectivity index (χ1v) is 36.5. The van der Waals surface area contributed by atoms with Gasteiger partial charge in [-0.1, -0.05) is 99.1 Å². The van der Waals surface area contributed by atoms with E-state index in [-0.39, 0.29) is 88.4 Å². The van der Waals surface area contributed by atoms with Crippen LogP contribution in [0, 0.1) is 36.5 Å². The molecular formula is C73H115F3N12O12. The SMILES string of the molecule is CC[C@H](C)[C@@H]1NC(=O)[C@H](CC(C)C)N(C)C(=O)C[C@@H](C(=O)N2CCC(C)CC2)N(C)C(=O)[C@H](C(C)C)N(C)C(=O)CCCCNC(=O)[C@@H]2CCCN2C(=O)[C@H](CCc2ccc(C(F)(F)F)c(C)c2)NC(=O)CN(C)C(=O)[C@H](CC2CCCCC2)N(C)C(=O)[C@@H]2CCN2C(=O)[C@H](C)N(C)C1=O. The Morgan fingerprint density at radius 3 is 1.86 bits per heavy atom. The second-order valence-electron chi connectivity index (χ2n) is 30.0. The number of aryl methyl sites for hydroxylation is 2. The molecule has 12 amide bonds. The molecule has 560 valence electrons. The van der Waals surface area contributed by atoms with Crippen molar-refractivity contribution < 1.29 is 70.7 Å². The van der Waals surface area contributed by atoms with Crippen LogP contribution in [0.2, 0.25) is 0 Å². The normalized spacial score (nSPS) is 27.2. The number of nitrogens with one attached hydrogen (secondary N) is 3. The summed E-state index contributed by atoms with van der Waals surface area (Å²) in [6.45, 7) is 16.5. The van der Waals surface area contributed by atoms with Crippen LogP contribution in [-0.2, 0) is 70.1 Å². The molecule has 1 aromatic rings. The summed E-state index contributed by atoms with van der Waals surface area (Å²) in [6.07, 6.45) is 2.96. The summed E-state index contributed by atoms with van der Waals surface area (Å²) in [5.74, 6) is -7.59. The molecule has 1 saturated carbocycles. The molecule has 27 heteroatoms. The number of carbonyl (C=O) groups is 12. The summed E-state index contributed by atoms with van der Waals surface area (Å²) < 4.78 is 41.6. The number of likely N-dealkylation sites (tertiary alicyclic amines) is 1. The van der Waals surface area contributed by atoms with Crippen LogP contribution in [0.3, 0.4) is 0 Å². The molecule has 4 aliphatic heterocycles. The van der Waals surface area contributed by atoms with Crippen molar-refractivity contribution in [3.63, 3.8) is 0 Å². The molecule has 10 atom stereocenters. The van der Waals surface area contributed by atoms with Crippen LogP contribution >= 0.6 is 0 Å². The predicted molar refractivity (Wildman–Crippen MR) is 371 cm³/mol. The average Bonchev–Trinajstić information content (AvgIpc) is 0.931. The van der Waals surface area contributed by atoms with E-state index in [1.807, 2.05) is 20.8 Å². The molecule has 5 fully saturated rings. The minimum absolute atomic E-state index is 0.0348. The molecule has 1 aliphatic carbocycles. The second kappa shape index (κ2) is 36.5. The van der Waals surface area contributed by atoms with Crippen LogP contribution in [0.15, 0.2) is 18.2 Å². The van der Waals surface area contributed by atoms with Crippen molar-refractivity contribution in [1.82, 2.24) is 60.0 Å². The van der Waals surface area contributed by atoms with Gasteiger partial charge in [-0.05, 0) is 131 Å². The Bertz CT molecular complexity index is 3080. The smallest absolute Gasteiger partial charge is 0.354 e. The van der Waals surface area contributed by atoms with Crippen molar-refractivity contribution in [3.05, 3.63) is 34.9 Å². The third-order valence-corrected chi connectivity index (χ3v) is 21.8. The van der Waals surface area contributed by atoms with Gasteiger partial charge in [0.25, 0.3) is 0 Å². The fourth-order valence-electron chi connectivity index (χ4n) is 14.8. The maximum Gasteiger partial charge on any atom is 0.416 e. The Kier molecular flexibility index (Phi) is 29.8. The summed E-state index contributed by atoms with van der Waals surface area (Å²) in [7, 11) is 8.74. The quantitative estimate of drug-likeness (QED) is 0.238. The third kappa shape index (κ3) is 20.7. The zero-order chi connectivity index (χ0) is 74.4. The maximum atomic E-state index is 15.0. The van der Waals surface area contributed by atoms with E-state index in [0.717, 1.165) is 38.2 Å². The van der Waals surface area contributed by atoms with Crippen molar-refractivity contribution in [1.29, 1.82) is 0 Å². The Morgan fingerprint density at radius 2 is 1.27 bits per heavy atom. The van der Waals surface area contributed by atoms with Crippen LogP contribution in [0.5, 0.6) is 0 Å². The maximum absolute atomic E-state index is 15.0. The number of carbonyl (C=O) groups excluding carboxylic acids is 12. The first-order chi connectivity index (χ1) is 47.0. The Labute approximate surface area is 590 Å². The molecule has 5 aliphatic rings. The lowest BCUT2D eigenvalue weighted by Gasteiger charge is -2.45. The van der Waals surface area contributed by atoms with Gasteiger partial charge in [0.2, 0.25) is 70.9 Å². The monoisotopic (exact) mass is 1410 g/mol. The summed E-state index contributed by atoms with van der Waals surface area (Å²) in [5, 5.41) is 8.63. The van der Waals surface area contributed by atoms with E-state index < -0.39 is 162 Å². The van der Waals surface area contributed by atoms with Crippen LogP contribution in [-0.4, -0.2) is 251 Å². The van der Waals surface area contributed by atoms with Gasteiger partial charge in [0.1, 0.15) is 54.4 Å². The third-order valence-electron chi connectivity index (χ3n) is 21.8. The number of nitrogens with zero attached hydrogens (tertiary/aromatic N) is 9. The van der Waals surface area contributed by atoms with Crippen molar-refractivity contribution in [2.24, 2.45) is 29.6 Å². The summed E-state index contributed by atoms with van der Waals surface area (Å²) in [5.41, 5.74) is -0.398. The Balaban J connectivity index is 1.35. The Morgan fingerprint density at radius 1 is 0.620 bits per heavy atom. The van der Waals surface area contributed by atoms with E-state index in [2.05, 4.69) is 22.9 Å². The lowest BCUT2D eigenvalue weighted by molar-refractivity contribution is -0.160. The number of hydrogen-bond acceptors (Lipinski definition) is 12. The number of likely N-dealkylation sites (N-methyl/N-ethyl adjacent to an activating group) is 6. The Hall–Kier alpha value is -7.35. The lowest BCUT2D eigenvalue weighted by atomic mass is 9.84. The van der Waals surface area contributed by atoms with Crippen LogP contribution in [0.4, 0.5) is 13.2 Å². The number of rotatable bonds is 11. The highest BCUT2D eigenvalue weighted by Gasteiger charge is 2.47. The molecule has 0 bridgehead atoms. The molecule has 6 rings (SSSR count). The van der Waals surface area contributed by atoms with Gasteiger partial charge in [-0.25, -0.2) is 0 Å². The highest BCUT2D eigenvalue weighted by atomic mass is 19.4. The summed E-state index contributed by atoms with van der Waals surface area (Å²) in [6, 6.07) is -6.71. The number of halogens is 3. The van der Waals surface area contributed by atoms with Crippen molar-refractivity contribution >= 4 is 70.9 Å². The molecular weight excluding hydrogens is 1290 g/mol. The molecule has 0 spiro atoms. The number of alkyl halides is 3.